The molecule has 0 bridgehead atoms. The maximum Gasteiger partial charge on any atom is 0.256 e. The lowest BCUT2D eigenvalue weighted by atomic mass is 10.1. The predicted molar refractivity (Wildman–Crippen MR) is 169 cm³/mol. The Morgan fingerprint density at radius 2 is 1.56 bits per heavy atom. The van der Waals surface area contributed by atoms with E-state index in [-0.39, 0.29) is 18.2 Å². The number of carbonyl (C=O) groups is 2. The first kappa shape index (κ1) is 29.2. The highest BCUT2D eigenvalue weighted by Crippen LogP contribution is 2.28. The Kier molecular flexibility index (Phi) is 9.67. The summed E-state index contributed by atoms with van der Waals surface area (Å²) in [6.07, 6.45) is 0.866. The van der Waals surface area contributed by atoms with Crippen LogP contribution >= 0.6 is 23.8 Å². The fourth-order valence-electron chi connectivity index (χ4n) is 5.42. The first-order chi connectivity index (χ1) is 19.9. The summed E-state index contributed by atoms with van der Waals surface area (Å²) in [5.41, 5.74) is 3.81. The molecule has 0 aromatic heterocycles. The molecule has 3 aromatic carbocycles. The Balaban J connectivity index is 1.20. The van der Waals surface area contributed by atoms with E-state index in [9.17, 15) is 9.59 Å². The highest BCUT2D eigenvalue weighted by atomic mass is 35.5. The van der Waals surface area contributed by atoms with Crippen molar-refractivity contribution < 1.29 is 9.59 Å². The summed E-state index contributed by atoms with van der Waals surface area (Å²) in [5, 5.41) is 3.94. The van der Waals surface area contributed by atoms with Crippen LogP contribution < -0.4 is 10.2 Å². The van der Waals surface area contributed by atoms with E-state index in [1.54, 1.807) is 29.2 Å². The molecule has 2 fully saturated rings. The molecular weight excluding hydrogens is 554 g/mol. The second-order valence-corrected chi connectivity index (χ2v) is 11.5. The third kappa shape index (κ3) is 7.51. The lowest BCUT2D eigenvalue weighted by molar-refractivity contribution is -0.124. The molecule has 7 nitrogen and oxygen atoms in total. The standard InChI is InChI=1S/C32H36ClN5O2S/c1-24-8-14-28(15-9-24)38-31(40)29(22-30(39)34-27-12-10-26(33)11-13-27)37(32(38)41)17-5-16-35-18-20-36(21-19-35)23-25-6-3-2-4-7-25/h2-4,6-15,29H,5,16-23H2,1H3,(H,34,39)/t29-/m0/s1. The number of amides is 2. The van der Waals surface area contributed by atoms with Gasteiger partial charge in [0.05, 0.1) is 12.1 Å². The van der Waals surface area contributed by atoms with E-state index in [1.165, 1.54) is 5.56 Å². The summed E-state index contributed by atoms with van der Waals surface area (Å²) >= 11 is 11.8. The van der Waals surface area contributed by atoms with Gasteiger partial charge >= 0.3 is 0 Å². The van der Waals surface area contributed by atoms with Crippen molar-refractivity contribution in [3.63, 3.8) is 0 Å². The fourth-order valence-corrected chi connectivity index (χ4v) is 5.96. The molecule has 0 unspecified atom stereocenters. The minimum atomic E-state index is -0.654. The van der Waals surface area contributed by atoms with Crippen molar-refractivity contribution in [3.05, 3.63) is 95.0 Å². The van der Waals surface area contributed by atoms with Crippen molar-refractivity contribution in [2.24, 2.45) is 0 Å². The van der Waals surface area contributed by atoms with Crippen molar-refractivity contribution in [2.45, 2.75) is 32.4 Å². The molecule has 214 valence electrons. The van der Waals surface area contributed by atoms with Crippen molar-refractivity contribution >= 4 is 52.1 Å². The Labute approximate surface area is 252 Å². The molecule has 9 heteroatoms. The summed E-state index contributed by atoms with van der Waals surface area (Å²) in [5.74, 6) is -0.404. The van der Waals surface area contributed by atoms with Gasteiger partial charge in [0, 0.05) is 50.0 Å². The zero-order chi connectivity index (χ0) is 28.8. The number of nitrogens with one attached hydrogen (secondary N) is 1. The molecule has 0 aliphatic carbocycles. The molecule has 1 atom stereocenters. The molecule has 3 aromatic rings. The Morgan fingerprint density at radius 1 is 0.902 bits per heavy atom. The summed E-state index contributed by atoms with van der Waals surface area (Å²) in [6.45, 7) is 8.60. The van der Waals surface area contributed by atoms with Crippen LogP contribution in [0.25, 0.3) is 0 Å². The van der Waals surface area contributed by atoms with Crippen LogP contribution in [0.4, 0.5) is 11.4 Å². The SMILES string of the molecule is Cc1ccc(N2C(=O)[C@H](CC(=O)Nc3ccc(Cl)cc3)N(CCCN3CCN(Cc4ccccc4)CC3)C2=S)cc1. The van der Waals surface area contributed by atoms with E-state index in [4.69, 9.17) is 23.8 Å². The summed E-state index contributed by atoms with van der Waals surface area (Å²) in [6, 6.07) is 24.6. The van der Waals surface area contributed by atoms with Gasteiger partial charge in [-0.1, -0.05) is 59.6 Å². The number of nitrogens with zero attached hydrogens (tertiary/aromatic N) is 4. The molecule has 0 radical (unpaired) electrons. The Bertz CT molecular complexity index is 1340. The average molecular weight is 590 g/mol. The number of rotatable bonds is 10. The van der Waals surface area contributed by atoms with E-state index >= 15 is 0 Å². The Morgan fingerprint density at radius 3 is 2.24 bits per heavy atom. The van der Waals surface area contributed by atoms with Gasteiger partial charge in [-0.2, -0.15) is 0 Å². The van der Waals surface area contributed by atoms with E-state index < -0.39 is 6.04 Å². The molecular formula is C32H36ClN5O2S. The molecule has 0 saturated carbocycles. The lowest BCUT2D eigenvalue weighted by Gasteiger charge is -2.35. The van der Waals surface area contributed by atoms with Crippen LogP contribution in [0, 0.1) is 6.92 Å². The highest BCUT2D eigenvalue weighted by Gasteiger charge is 2.43. The maximum absolute atomic E-state index is 13.7. The van der Waals surface area contributed by atoms with Gasteiger partial charge in [-0.05, 0) is 74.1 Å². The quantitative estimate of drug-likeness (QED) is 0.329. The summed E-state index contributed by atoms with van der Waals surface area (Å²) in [7, 11) is 0. The van der Waals surface area contributed by atoms with Gasteiger partial charge in [-0.25, -0.2) is 0 Å². The minimum absolute atomic E-state index is 0.0160. The third-order valence-corrected chi connectivity index (χ3v) is 8.37. The van der Waals surface area contributed by atoms with Gasteiger partial charge in [-0.15, -0.1) is 0 Å². The van der Waals surface area contributed by atoms with Crippen molar-refractivity contribution in [1.82, 2.24) is 14.7 Å². The normalized spacial score (nSPS) is 18.2. The fraction of sp³-hybridized carbons (Fsp3) is 0.344. The molecule has 2 aliphatic heterocycles. The van der Waals surface area contributed by atoms with Crippen LogP contribution in [0.2, 0.25) is 5.02 Å². The smallest absolute Gasteiger partial charge is 0.256 e. The van der Waals surface area contributed by atoms with Gasteiger partial charge < -0.3 is 15.1 Å². The second kappa shape index (κ2) is 13.6. The van der Waals surface area contributed by atoms with Gasteiger partial charge in [0.1, 0.15) is 6.04 Å². The molecule has 2 heterocycles. The molecule has 5 rings (SSSR count). The van der Waals surface area contributed by atoms with Gasteiger partial charge in [0.2, 0.25) is 5.91 Å². The van der Waals surface area contributed by atoms with Crippen LogP contribution in [-0.2, 0) is 16.1 Å². The van der Waals surface area contributed by atoms with Crippen molar-refractivity contribution in [1.29, 1.82) is 0 Å². The van der Waals surface area contributed by atoms with E-state index in [1.807, 2.05) is 36.1 Å². The predicted octanol–water partition coefficient (Wildman–Crippen LogP) is 5.19. The van der Waals surface area contributed by atoms with Crippen LogP contribution in [-0.4, -0.2) is 76.9 Å². The molecule has 2 amide bonds. The summed E-state index contributed by atoms with van der Waals surface area (Å²) < 4.78 is 0. The number of aryl methyl sites for hydroxylation is 1. The average Bonchev–Trinajstić information content (AvgIpc) is 3.20. The second-order valence-electron chi connectivity index (χ2n) is 10.7. The number of halogens is 1. The van der Waals surface area contributed by atoms with Crippen LogP contribution in [0.5, 0.6) is 0 Å². The molecule has 41 heavy (non-hydrogen) atoms. The van der Waals surface area contributed by atoms with E-state index in [0.29, 0.717) is 22.4 Å². The molecule has 2 saturated heterocycles. The molecule has 0 spiro atoms. The van der Waals surface area contributed by atoms with Crippen LogP contribution in [0.15, 0.2) is 78.9 Å². The third-order valence-electron chi connectivity index (χ3n) is 7.70. The summed E-state index contributed by atoms with van der Waals surface area (Å²) in [4.78, 5) is 35.2. The topological polar surface area (TPSA) is 59.1 Å². The number of piperazine rings is 1. The minimum Gasteiger partial charge on any atom is -0.336 e. The number of anilines is 2. The van der Waals surface area contributed by atoms with E-state index in [2.05, 4.69) is 45.4 Å². The van der Waals surface area contributed by atoms with Gasteiger partial charge in [0.25, 0.3) is 5.91 Å². The van der Waals surface area contributed by atoms with Gasteiger partial charge in [-0.3, -0.25) is 19.4 Å². The molecule has 2 aliphatic rings. The van der Waals surface area contributed by atoms with E-state index in [0.717, 1.165) is 56.9 Å². The molecule has 1 N–H and O–H groups in total. The zero-order valence-electron chi connectivity index (χ0n) is 23.3. The maximum atomic E-state index is 13.7. The number of hydrogen-bond acceptors (Lipinski definition) is 5. The number of benzene rings is 3. The highest BCUT2D eigenvalue weighted by molar-refractivity contribution is 7.80. The number of hydrogen-bond donors (Lipinski definition) is 1. The monoisotopic (exact) mass is 589 g/mol. The largest absolute Gasteiger partial charge is 0.336 e. The Hall–Kier alpha value is -3.30. The number of carbonyl (C=O) groups excluding carboxylic acids is 2. The zero-order valence-corrected chi connectivity index (χ0v) is 24.9. The van der Waals surface area contributed by atoms with Crippen LogP contribution in [0.1, 0.15) is 24.0 Å². The number of thiocarbonyl (C=S) groups is 1. The van der Waals surface area contributed by atoms with Crippen molar-refractivity contribution in [3.8, 4) is 0 Å². The first-order valence-electron chi connectivity index (χ1n) is 14.1. The van der Waals surface area contributed by atoms with Crippen LogP contribution in [0.3, 0.4) is 0 Å². The first-order valence-corrected chi connectivity index (χ1v) is 14.9. The lowest BCUT2D eigenvalue weighted by Crippen LogP contribution is -2.47. The van der Waals surface area contributed by atoms with Gasteiger partial charge in [0.15, 0.2) is 5.11 Å². The van der Waals surface area contributed by atoms with Crippen molar-refractivity contribution in [2.75, 3.05) is 49.5 Å².